The molecular formula is C18H22N4OS. The second kappa shape index (κ2) is 7.66. The molecule has 2 aromatic heterocycles. The number of unbranched alkanes of at least 4 members (excludes halogenated alkanes) is 1. The highest BCUT2D eigenvalue weighted by atomic mass is 32.2. The Kier molecular flexibility index (Phi) is 5.35. The van der Waals surface area contributed by atoms with Crippen molar-refractivity contribution in [1.82, 2.24) is 19.7 Å². The molecule has 0 fully saturated rings. The molecule has 0 saturated carbocycles. The zero-order valence-electron chi connectivity index (χ0n) is 14.3. The van der Waals surface area contributed by atoms with Gasteiger partial charge in [0.1, 0.15) is 0 Å². The summed E-state index contributed by atoms with van der Waals surface area (Å²) in [6.07, 6.45) is 2.33. The highest BCUT2D eigenvalue weighted by molar-refractivity contribution is 7.98. The number of aromatic nitrogens is 4. The molecule has 0 N–H and O–H groups in total. The van der Waals surface area contributed by atoms with E-state index in [-0.39, 0.29) is 0 Å². The second-order valence-corrected chi connectivity index (χ2v) is 6.67. The number of rotatable bonds is 7. The average molecular weight is 342 g/mol. The Labute approximate surface area is 146 Å². The van der Waals surface area contributed by atoms with Crippen LogP contribution < -0.4 is 0 Å². The molecule has 3 rings (SSSR count). The van der Waals surface area contributed by atoms with Gasteiger partial charge in [-0.2, -0.15) is 0 Å². The van der Waals surface area contributed by atoms with Crippen LogP contribution in [0.3, 0.4) is 0 Å². The minimum Gasteiger partial charge on any atom is -0.420 e. The summed E-state index contributed by atoms with van der Waals surface area (Å²) >= 11 is 1.65. The van der Waals surface area contributed by atoms with Crippen LogP contribution in [0.5, 0.6) is 0 Å². The van der Waals surface area contributed by atoms with Gasteiger partial charge in [-0.25, -0.2) is 4.98 Å². The number of hydrogen-bond donors (Lipinski definition) is 0. The number of imidazole rings is 1. The molecule has 5 nitrogen and oxygen atoms in total. The van der Waals surface area contributed by atoms with Crippen LogP contribution in [0.25, 0.3) is 11.5 Å². The Hall–Kier alpha value is -2.08. The van der Waals surface area contributed by atoms with Gasteiger partial charge in [0.2, 0.25) is 11.8 Å². The smallest absolute Gasteiger partial charge is 0.247 e. The van der Waals surface area contributed by atoms with E-state index in [2.05, 4.69) is 40.5 Å². The first-order valence-electron chi connectivity index (χ1n) is 8.23. The van der Waals surface area contributed by atoms with Crippen LogP contribution in [0.1, 0.15) is 37.0 Å². The van der Waals surface area contributed by atoms with Crippen molar-refractivity contribution in [3.63, 3.8) is 0 Å². The summed E-state index contributed by atoms with van der Waals surface area (Å²) in [5.41, 5.74) is 3.27. The van der Waals surface area contributed by atoms with Gasteiger partial charge in [-0.15, -0.1) is 10.2 Å². The predicted octanol–water partition coefficient (Wildman–Crippen LogP) is 4.64. The lowest BCUT2D eigenvalue weighted by Crippen LogP contribution is -2.02. The lowest BCUT2D eigenvalue weighted by atomic mass is 10.2. The summed E-state index contributed by atoms with van der Waals surface area (Å²) in [4.78, 5) is 4.68. The van der Waals surface area contributed by atoms with Crippen LogP contribution in [-0.4, -0.2) is 19.7 Å². The van der Waals surface area contributed by atoms with Gasteiger partial charge in [-0.3, -0.25) is 0 Å². The van der Waals surface area contributed by atoms with Gasteiger partial charge in [0.05, 0.1) is 11.4 Å². The molecule has 1 aromatic carbocycles. The standard InChI is InChI=1S/C18H22N4OS/c1-4-5-11-22-14(3)13(2)19-18(22)24-12-16-20-21-17(23-16)15-9-7-6-8-10-15/h6-10H,4-5,11-12H2,1-3H3. The van der Waals surface area contributed by atoms with E-state index < -0.39 is 0 Å². The maximum atomic E-state index is 5.77. The van der Waals surface area contributed by atoms with Crippen LogP contribution >= 0.6 is 11.8 Å². The molecule has 0 aliphatic rings. The van der Waals surface area contributed by atoms with Gasteiger partial charge in [0.25, 0.3) is 0 Å². The number of aryl methyl sites for hydroxylation is 1. The molecule has 0 atom stereocenters. The SMILES string of the molecule is CCCCn1c(SCc2nnc(-c3ccccc3)o2)nc(C)c1C. The van der Waals surface area contributed by atoms with Gasteiger partial charge >= 0.3 is 0 Å². The molecule has 0 aliphatic carbocycles. The Balaban J connectivity index is 1.70. The minimum atomic E-state index is 0.563. The third-order valence-electron chi connectivity index (χ3n) is 3.97. The monoisotopic (exact) mass is 342 g/mol. The Morgan fingerprint density at radius 3 is 2.67 bits per heavy atom. The molecule has 0 spiro atoms. The van der Waals surface area contributed by atoms with Gasteiger partial charge in [-0.05, 0) is 32.4 Å². The minimum absolute atomic E-state index is 0.563. The van der Waals surface area contributed by atoms with Crippen molar-refractivity contribution in [2.75, 3.05) is 0 Å². The summed E-state index contributed by atoms with van der Waals surface area (Å²) in [7, 11) is 0. The Morgan fingerprint density at radius 2 is 1.92 bits per heavy atom. The zero-order chi connectivity index (χ0) is 16.9. The molecule has 0 saturated heterocycles. The number of thioether (sulfide) groups is 1. The van der Waals surface area contributed by atoms with Gasteiger partial charge in [0, 0.05) is 17.8 Å². The third-order valence-corrected chi connectivity index (χ3v) is 4.93. The van der Waals surface area contributed by atoms with Crippen molar-refractivity contribution in [1.29, 1.82) is 0 Å². The van der Waals surface area contributed by atoms with Crippen LogP contribution in [0, 0.1) is 13.8 Å². The first-order chi connectivity index (χ1) is 11.7. The first-order valence-corrected chi connectivity index (χ1v) is 9.22. The Bertz CT molecular complexity index is 795. The largest absolute Gasteiger partial charge is 0.420 e. The van der Waals surface area contributed by atoms with E-state index in [1.165, 1.54) is 12.1 Å². The van der Waals surface area contributed by atoms with Crippen molar-refractivity contribution in [3.8, 4) is 11.5 Å². The fraction of sp³-hybridized carbons (Fsp3) is 0.389. The topological polar surface area (TPSA) is 56.7 Å². The lowest BCUT2D eigenvalue weighted by Gasteiger charge is -2.08. The number of nitrogens with zero attached hydrogens (tertiary/aromatic N) is 4. The molecule has 6 heteroatoms. The quantitative estimate of drug-likeness (QED) is 0.585. The van der Waals surface area contributed by atoms with Crippen molar-refractivity contribution in [2.45, 2.75) is 51.1 Å². The molecule has 0 amide bonds. The summed E-state index contributed by atoms with van der Waals surface area (Å²) in [5.74, 6) is 1.81. The number of hydrogen-bond acceptors (Lipinski definition) is 5. The molecule has 3 aromatic rings. The maximum absolute atomic E-state index is 5.77. The molecule has 0 aliphatic heterocycles. The molecule has 0 bridgehead atoms. The van der Waals surface area contributed by atoms with Crippen LogP contribution in [0.4, 0.5) is 0 Å². The van der Waals surface area contributed by atoms with E-state index in [9.17, 15) is 0 Å². The first kappa shape index (κ1) is 16.8. The van der Waals surface area contributed by atoms with E-state index in [0.717, 1.165) is 29.4 Å². The van der Waals surface area contributed by atoms with Gasteiger partial charge < -0.3 is 8.98 Å². The molecular weight excluding hydrogens is 320 g/mol. The normalized spacial score (nSPS) is 11.1. The predicted molar refractivity (Wildman–Crippen MR) is 95.9 cm³/mol. The van der Waals surface area contributed by atoms with Crippen molar-refractivity contribution >= 4 is 11.8 Å². The van der Waals surface area contributed by atoms with Gasteiger partial charge in [0.15, 0.2) is 5.16 Å². The third kappa shape index (κ3) is 3.70. The van der Waals surface area contributed by atoms with Crippen molar-refractivity contribution in [3.05, 3.63) is 47.6 Å². The maximum Gasteiger partial charge on any atom is 0.247 e. The zero-order valence-corrected chi connectivity index (χ0v) is 15.1. The summed E-state index contributed by atoms with van der Waals surface area (Å²) in [5, 5.41) is 9.32. The van der Waals surface area contributed by atoms with Gasteiger partial charge in [-0.1, -0.05) is 43.3 Å². The van der Waals surface area contributed by atoms with Crippen molar-refractivity contribution < 1.29 is 4.42 Å². The average Bonchev–Trinajstić information content (AvgIpc) is 3.18. The van der Waals surface area contributed by atoms with Crippen LogP contribution in [0.2, 0.25) is 0 Å². The van der Waals surface area contributed by atoms with E-state index in [1.807, 2.05) is 30.3 Å². The van der Waals surface area contributed by atoms with Crippen molar-refractivity contribution in [2.24, 2.45) is 0 Å². The van der Waals surface area contributed by atoms with E-state index in [4.69, 9.17) is 4.42 Å². The van der Waals surface area contributed by atoms with E-state index >= 15 is 0 Å². The second-order valence-electron chi connectivity index (χ2n) is 5.73. The number of benzene rings is 1. The fourth-order valence-electron chi connectivity index (χ4n) is 2.45. The lowest BCUT2D eigenvalue weighted by molar-refractivity contribution is 0.527. The fourth-order valence-corrected chi connectivity index (χ4v) is 3.40. The molecule has 126 valence electrons. The summed E-state index contributed by atoms with van der Waals surface area (Å²) in [6, 6.07) is 9.83. The summed E-state index contributed by atoms with van der Waals surface area (Å²) in [6.45, 7) is 7.39. The highest BCUT2D eigenvalue weighted by Crippen LogP contribution is 2.26. The molecule has 0 unspecified atom stereocenters. The van der Waals surface area contributed by atoms with Crippen LogP contribution in [-0.2, 0) is 12.3 Å². The summed E-state index contributed by atoms with van der Waals surface area (Å²) < 4.78 is 8.06. The molecule has 24 heavy (non-hydrogen) atoms. The van der Waals surface area contributed by atoms with E-state index in [1.54, 1.807) is 11.8 Å². The molecule has 2 heterocycles. The van der Waals surface area contributed by atoms with E-state index in [0.29, 0.717) is 17.5 Å². The van der Waals surface area contributed by atoms with Crippen LogP contribution in [0.15, 0.2) is 39.9 Å². The highest BCUT2D eigenvalue weighted by Gasteiger charge is 2.14. The Morgan fingerprint density at radius 1 is 1.12 bits per heavy atom. The molecule has 0 radical (unpaired) electrons.